The molecule has 0 saturated heterocycles. The van der Waals surface area contributed by atoms with E-state index in [1.807, 2.05) is 6.07 Å². The summed E-state index contributed by atoms with van der Waals surface area (Å²) in [5.74, 6) is 0.496. The Morgan fingerprint density at radius 3 is 2.48 bits per heavy atom. The van der Waals surface area contributed by atoms with Gasteiger partial charge in [0.05, 0.1) is 7.11 Å². The number of halogens is 2. The molecule has 1 aliphatic rings. The number of amides is 1. The summed E-state index contributed by atoms with van der Waals surface area (Å²) >= 11 is 11.3. The molecule has 2 aromatic rings. The first-order valence-electron chi connectivity index (χ1n) is 6.10. The van der Waals surface area contributed by atoms with Crippen molar-refractivity contribution < 1.29 is 14.6 Å². The van der Waals surface area contributed by atoms with E-state index >= 15 is 0 Å². The summed E-state index contributed by atoms with van der Waals surface area (Å²) in [6, 6.07) is 9.93. The zero-order valence-electron chi connectivity index (χ0n) is 11.2. The van der Waals surface area contributed by atoms with Crippen LogP contribution in [0, 0.1) is 0 Å². The standard InChI is InChI=1S/C8H6ClNO.C7H7ClO2/c9-6-1-2-7-5(3-6)4-10-8(7)11;1-10-7-4-5(8)2-3-6(7)9/h1-3H,4H2,(H,10,11);2-4,9H,1H3. The Kier molecular flexibility index (Phi) is 4.94. The van der Waals surface area contributed by atoms with E-state index in [9.17, 15) is 4.79 Å². The van der Waals surface area contributed by atoms with Gasteiger partial charge >= 0.3 is 0 Å². The van der Waals surface area contributed by atoms with Crippen molar-refractivity contribution in [3.8, 4) is 11.5 Å². The van der Waals surface area contributed by atoms with Crippen molar-refractivity contribution in [2.24, 2.45) is 0 Å². The van der Waals surface area contributed by atoms with Gasteiger partial charge in [-0.1, -0.05) is 23.2 Å². The smallest absolute Gasteiger partial charge is 0.251 e. The highest BCUT2D eigenvalue weighted by Crippen LogP contribution is 2.28. The number of hydrogen-bond acceptors (Lipinski definition) is 3. The second-order valence-electron chi connectivity index (χ2n) is 4.30. The Hall–Kier alpha value is -1.91. The van der Waals surface area contributed by atoms with Crippen molar-refractivity contribution in [2.45, 2.75) is 6.54 Å². The highest BCUT2D eigenvalue weighted by molar-refractivity contribution is 6.31. The van der Waals surface area contributed by atoms with E-state index in [0.717, 1.165) is 11.1 Å². The fraction of sp³-hybridized carbons (Fsp3) is 0.133. The van der Waals surface area contributed by atoms with E-state index in [-0.39, 0.29) is 11.7 Å². The molecule has 0 aromatic heterocycles. The Balaban J connectivity index is 0.000000155. The van der Waals surface area contributed by atoms with Gasteiger partial charge in [0.25, 0.3) is 5.91 Å². The summed E-state index contributed by atoms with van der Waals surface area (Å²) in [5, 5.41) is 13.0. The fourth-order valence-corrected chi connectivity index (χ4v) is 2.21. The number of fused-ring (bicyclic) bond motifs is 1. The van der Waals surface area contributed by atoms with Crippen molar-refractivity contribution in [3.63, 3.8) is 0 Å². The fourth-order valence-electron chi connectivity index (χ4n) is 1.85. The second kappa shape index (κ2) is 6.70. The number of ether oxygens (including phenoxy) is 1. The number of phenols is 1. The molecule has 110 valence electrons. The molecule has 1 amide bonds. The first kappa shape index (κ1) is 15.5. The Morgan fingerprint density at radius 2 is 1.81 bits per heavy atom. The van der Waals surface area contributed by atoms with Gasteiger partial charge in [0, 0.05) is 28.2 Å². The second-order valence-corrected chi connectivity index (χ2v) is 5.17. The molecular weight excluding hydrogens is 313 g/mol. The Bertz CT molecular complexity index is 674. The number of methoxy groups -OCH3 is 1. The van der Waals surface area contributed by atoms with E-state index in [4.69, 9.17) is 33.0 Å². The maximum Gasteiger partial charge on any atom is 0.251 e. The molecule has 0 radical (unpaired) electrons. The van der Waals surface area contributed by atoms with E-state index in [0.29, 0.717) is 22.3 Å². The third-order valence-electron chi connectivity index (χ3n) is 2.89. The van der Waals surface area contributed by atoms with Crippen LogP contribution in [-0.4, -0.2) is 18.1 Å². The predicted molar refractivity (Wildman–Crippen MR) is 82.3 cm³/mol. The summed E-state index contributed by atoms with van der Waals surface area (Å²) in [5.41, 5.74) is 1.73. The van der Waals surface area contributed by atoms with Gasteiger partial charge in [0.15, 0.2) is 11.5 Å². The topological polar surface area (TPSA) is 58.6 Å². The highest BCUT2D eigenvalue weighted by atomic mass is 35.5. The lowest BCUT2D eigenvalue weighted by molar-refractivity contribution is 0.0966. The molecule has 3 rings (SSSR count). The van der Waals surface area contributed by atoms with Crippen LogP contribution in [0.1, 0.15) is 15.9 Å². The Morgan fingerprint density at radius 1 is 1.14 bits per heavy atom. The first-order valence-corrected chi connectivity index (χ1v) is 6.86. The van der Waals surface area contributed by atoms with Gasteiger partial charge in [-0.15, -0.1) is 0 Å². The van der Waals surface area contributed by atoms with Gasteiger partial charge in [-0.2, -0.15) is 0 Å². The number of carbonyl (C=O) groups excluding carboxylic acids is 1. The molecule has 2 N–H and O–H groups in total. The number of carbonyl (C=O) groups is 1. The third-order valence-corrected chi connectivity index (χ3v) is 3.36. The summed E-state index contributed by atoms with van der Waals surface area (Å²) in [4.78, 5) is 11.0. The molecule has 4 nitrogen and oxygen atoms in total. The lowest BCUT2D eigenvalue weighted by Crippen LogP contribution is -2.12. The van der Waals surface area contributed by atoms with Crippen molar-refractivity contribution >= 4 is 29.1 Å². The molecule has 0 unspecified atom stereocenters. The number of phenolic OH excluding ortho intramolecular Hbond substituents is 1. The zero-order valence-corrected chi connectivity index (χ0v) is 12.7. The van der Waals surface area contributed by atoms with E-state index in [1.54, 1.807) is 24.3 Å². The molecule has 6 heteroatoms. The van der Waals surface area contributed by atoms with Crippen LogP contribution < -0.4 is 10.1 Å². The van der Waals surface area contributed by atoms with Gasteiger partial charge in [0.2, 0.25) is 0 Å². The third kappa shape index (κ3) is 3.80. The summed E-state index contributed by atoms with van der Waals surface area (Å²) in [6.07, 6.45) is 0. The van der Waals surface area contributed by atoms with E-state index in [1.165, 1.54) is 13.2 Å². The van der Waals surface area contributed by atoms with Crippen molar-refractivity contribution in [2.75, 3.05) is 7.11 Å². The molecule has 0 spiro atoms. The lowest BCUT2D eigenvalue weighted by atomic mass is 10.1. The average molecular weight is 326 g/mol. The highest BCUT2D eigenvalue weighted by Gasteiger charge is 2.17. The van der Waals surface area contributed by atoms with Crippen LogP contribution in [0.4, 0.5) is 0 Å². The molecule has 21 heavy (non-hydrogen) atoms. The van der Waals surface area contributed by atoms with Crippen LogP contribution in [0.5, 0.6) is 11.5 Å². The predicted octanol–water partition coefficient (Wildman–Crippen LogP) is 3.64. The number of nitrogens with one attached hydrogen (secondary N) is 1. The normalized spacial score (nSPS) is 12.0. The largest absolute Gasteiger partial charge is 0.504 e. The van der Waals surface area contributed by atoms with Gasteiger partial charge in [-0.25, -0.2) is 0 Å². The van der Waals surface area contributed by atoms with Crippen LogP contribution in [-0.2, 0) is 6.54 Å². The minimum atomic E-state index is -0.00309. The van der Waals surface area contributed by atoms with E-state index < -0.39 is 0 Å². The van der Waals surface area contributed by atoms with Crippen molar-refractivity contribution in [1.82, 2.24) is 5.32 Å². The van der Waals surface area contributed by atoms with Crippen molar-refractivity contribution in [1.29, 1.82) is 0 Å². The van der Waals surface area contributed by atoms with Crippen molar-refractivity contribution in [3.05, 3.63) is 57.6 Å². The maximum atomic E-state index is 11.0. The van der Waals surface area contributed by atoms with Gasteiger partial charge in [-0.3, -0.25) is 4.79 Å². The van der Waals surface area contributed by atoms with E-state index in [2.05, 4.69) is 5.32 Å². The van der Waals surface area contributed by atoms with Crippen LogP contribution in [0.15, 0.2) is 36.4 Å². The van der Waals surface area contributed by atoms with Crippen LogP contribution in [0.25, 0.3) is 0 Å². The molecule has 0 saturated carbocycles. The molecular formula is C15H13Cl2NO3. The molecule has 0 bridgehead atoms. The molecule has 1 aliphatic heterocycles. The molecule has 0 atom stereocenters. The Labute approximate surface area is 132 Å². The quantitative estimate of drug-likeness (QED) is 0.841. The summed E-state index contributed by atoms with van der Waals surface area (Å²) < 4.78 is 4.79. The summed E-state index contributed by atoms with van der Waals surface area (Å²) in [6.45, 7) is 0.606. The van der Waals surface area contributed by atoms with Crippen LogP contribution >= 0.6 is 23.2 Å². The van der Waals surface area contributed by atoms with Gasteiger partial charge in [0.1, 0.15) is 0 Å². The lowest BCUT2D eigenvalue weighted by Gasteiger charge is -2.01. The molecule has 0 fully saturated rings. The number of aromatic hydroxyl groups is 1. The maximum absolute atomic E-state index is 11.0. The minimum Gasteiger partial charge on any atom is -0.504 e. The molecule has 0 aliphatic carbocycles. The number of benzene rings is 2. The number of hydrogen-bond donors (Lipinski definition) is 2. The SMILES string of the molecule is COc1cc(Cl)ccc1O.O=C1NCc2cc(Cl)ccc21. The number of rotatable bonds is 1. The first-order chi connectivity index (χ1) is 10.0. The monoisotopic (exact) mass is 325 g/mol. The van der Waals surface area contributed by atoms with Gasteiger partial charge < -0.3 is 15.2 Å². The molecule has 2 aromatic carbocycles. The minimum absolute atomic E-state index is 0.00309. The molecule has 1 heterocycles. The van der Waals surface area contributed by atoms with Gasteiger partial charge in [-0.05, 0) is 35.9 Å². The summed E-state index contributed by atoms with van der Waals surface area (Å²) in [7, 11) is 1.48. The zero-order chi connectivity index (χ0) is 15.4. The van der Waals surface area contributed by atoms with Crippen LogP contribution in [0.2, 0.25) is 10.0 Å². The van der Waals surface area contributed by atoms with Crippen LogP contribution in [0.3, 0.4) is 0 Å². The average Bonchev–Trinajstić information content (AvgIpc) is 2.83.